The first-order valence-electron chi connectivity index (χ1n) is 5.08. The number of hydrogen-bond acceptors (Lipinski definition) is 2. The van der Waals surface area contributed by atoms with E-state index in [9.17, 15) is 0 Å². The molecule has 0 fully saturated rings. The molecule has 0 unspecified atom stereocenters. The fraction of sp³-hybridized carbons (Fsp3) is 0.417. The number of benzene rings is 1. The van der Waals surface area contributed by atoms with Crippen molar-refractivity contribution in [3.8, 4) is 0 Å². The number of rotatable bonds is 3. The van der Waals surface area contributed by atoms with Gasteiger partial charge in [0.25, 0.3) is 0 Å². The van der Waals surface area contributed by atoms with Gasteiger partial charge < -0.3 is 0 Å². The summed E-state index contributed by atoms with van der Waals surface area (Å²) in [7, 11) is 0. The van der Waals surface area contributed by atoms with Crippen molar-refractivity contribution in [1.82, 2.24) is 0 Å². The Balaban J connectivity index is 2.09. The summed E-state index contributed by atoms with van der Waals surface area (Å²) in [6, 6.07) is 10.6. The molecule has 0 bridgehead atoms. The van der Waals surface area contributed by atoms with Crippen LogP contribution in [-0.2, 0) is 4.74 Å². The van der Waals surface area contributed by atoms with E-state index in [4.69, 9.17) is 4.74 Å². The molecule has 1 aliphatic heterocycles. The molecule has 0 aromatic heterocycles. The normalized spacial score (nSPS) is 24.8. The van der Waals surface area contributed by atoms with Crippen molar-refractivity contribution in [2.75, 3.05) is 0 Å². The molecule has 3 heteroatoms. The van der Waals surface area contributed by atoms with Crippen LogP contribution in [0.4, 0.5) is 0 Å². The molecule has 0 N–H and O–H groups in total. The summed E-state index contributed by atoms with van der Waals surface area (Å²) in [6.45, 7) is 2.12. The third-order valence-corrected chi connectivity index (χ3v) is 3.57. The fourth-order valence-electron chi connectivity index (χ4n) is 1.75. The quantitative estimate of drug-likeness (QED) is 0.772. The second kappa shape index (κ2) is 4.82. The minimum atomic E-state index is 0.128. The number of ether oxygens (including phenoxy) is 1. The van der Waals surface area contributed by atoms with E-state index in [1.54, 1.807) is 0 Å². The van der Waals surface area contributed by atoms with E-state index in [0.717, 1.165) is 11.2 Å². The van der Waals surface area contributed by atoms with Crippen LogP contribution in [-0.4, -0.2) is 26.9 Å². The second-order valence-electron chi connectivity index (χ2n) is 3.65. The van der Waals surface area contributed by atoms with E-state index in [2.05, 4.69) is 29.9 Å². The van der Waals surface area contributed by atoms with E-state index < -0.39 is 0 Å². The third kappa shape index (κ3) is 2.42. The third-order valence-electron chi connectivity index (χ3n) is 2.44. The summed E-state index contributed by atoms with van der Waals surface area (Å²) in [5.74, 6) is 3.15. The first-order chi connectivity index (χ1) is 7.31. The van der Waals surface area contributed by atoms with Gasteiger partial charge in [-0.25, -0.2) is 0 Å². The summed E-state index contributed by atoms with van der Waals surface area (Å²) >= 11 is 0.601. The molecule has 15 heavy (non-hydrogen) atoms. The Morgan fingerprint density at radius 3 is 2.73 bits per heavy atom. The molecule has 0 amide bonds. The molecular formula is C12H15NOSe. The van der Waals surface area contributed by atoms with Crippen molar-refractivity contribution in [1.29, 1.82) is 0 Å². The summed E-state index contributed by atoms with van der Waals surface area (Å²) in [6.07, 6.45) is 0.128. The Morgan fingerprint density at radius 2 is 2.07 bits per heavy atom. The van der Waals surface area contributed by atoms with Crippen LogP contribution in [0.25, 0.3) is 0 Å². The minimum absolute atomic E-state index is 0.128. The molecular weight excluding hydrogens is 253 g/mol. The predicted molar refractivity (Wildman–Crippen MR) is 63.6 cm³/mol. The SMILES string of the molecule is C[Se]CC1=N[C@H](C)[C@H](c2ccccc2)O1. The van der Waals surface area contributed by atoms with Gasteiger partial charge in [-0.15, -0.1) is 0 Å². The van der Waals surface area contributed by atoms with Gasteiger partial charge in [0.2, 0.25) is 0 Å². The molecule has 0 saturated heterocycles. The molecule has 80 valence electrons. The van der Waals surface area contributed by atoms with Crippen LogP contribution in [0.1, 0.15) is 18.6 Å². The Hall–Kier alpha value is -0.791. The van der Waals surface area contributed by atoms with E-state index in [1.165, 1.54) is 5.56 Å². The molecule has 1 aromatic carbocycles. The van der Waals surface area contributed by atoms with Crippen LogP contribution in [0.2, 0.25) is 11.1 Å². The molecule has 1 heterocycles. The zero-order valence-corrected chi connectivity index (χ0v) is 10.7. The van der Waals surface area contributed by atoms with Gasteiger partial charge in [-0.1, -0.05) is 0 Å². The molecule has 1 aromatic rings. The van der Waals surface area contributed by atoms with Crippen LogP contribution in [0, 0.1) is 0 Å². The first kappa shape index (κ1) is 10.7. The summed E-state index contributed by atoms with van der Waals surface area (Å²) < 4.78 is 5.87. The van der Waals surface area contributed by atoms with Crippen molar-refractivity contribution < 1.29 is 4.74 Å². The van der Waals surface area contributed by atoms with Crippen LogP contribution < -0.4 is 0 Å². The summed E-state index contributed by atoms with van der Waals surface area (Å²) in [4.78, 5) is 4.55. The van der Waals surface area contributed by atoms with Crippen molar-refractivity contribution in [3.63, 3.8) is 0 Å². The molecule has 2 rings (SSSR count). The Kier molecular flexibility index (Phi) is 3.45. The summed E-state index contributed by atoms with van der Waals surface area (Å²) in [5, 5.41) is 1.01. The molecule has 2 nitrogen and oxygen atoms in total. The predicted octanol–water partition coefficient (Wildman–Crippen LogP) is 2.72. The summed E-state index contributed by atoms with van der Waals surface area (Å²) in [5.41, 5.74) is 1.23. The monoisotopic (exact) mass is 269 g/mol. The van der Waals surface area contributed by atoms with Crippen LogP contribution in [0.5, 0.6) is 0 Å². The Morgan fingerprint density at radius 1 is 1.33 bits per heavy atom. The maximum atomic E-state index is 5.87. The van der Waals surface area contributed by atoms with E-state index >= 15 is 0 Å². The first-order valence-corrected chi connectivity index (χ1v) is 8.01. The fourth-order valence-corrected chi connectivity index (χ4v) is 2.57. The van der Waals surface area contributed by atoms with Gasteiger partial charge in [0.15, 0.2) is 0 Å². The van der Waals surface area contributed by atoms with E-state index in [0.29, 0.717) is 15.0 Å². The van der Waals surface area contributed by atoms with E-state index in [1.807, 2.05) is 18.2 Å². The van der Waals surface area contributed by atoms with Gasteiger partial charge in [-0.05, 0) is 0 Å². The molecule has 2 atom stereocenters. The Labute approximate surface area is 96.9 Å². The zero-order chi connectivity index (χ0) is 10.7. The molecule has 1 aliphatic rings. The van der Waals surface area contributed by atoms with Gasteiger partial charge in [-0.2, -0.15) is 0 Å². The maximum absolute atomic E-state index is 5.87. The van der Waals surface area contributed by atoms with Gasteiger partial charge in [0.05, 0.1) is 0 Å². The standard InChI is InChI=1S/C12H15NOSe/c1-9-12(10-6-4-3-5-7-10)14-11(13-9)8-15-2/h3-7,9,12H,8H2,1-2H3/t9-,12-/m1/s1. The van der Waals surface area contributed by atoms with Crippen molar-refractivity contribution in [2.45, 2.75) is 30.2 Å². The molecule has 0 aliphatic carbocycles. The average molecular weight is 268 g/mol. The van der Waals surface area contributed by atoms with Crippen LogP contribution in [0.15, 0.2) is 35.3 Å². The second-order valence-corrected chi connectivity index (χ2v) is 5.46. The van der Waals surface area contributed by atoms with Gasteiger partial charge in [0.1, 0.15) is 0 Å². The van der Waals surface area contributed by atoms with Crippen LogP contribution >= 0.6 is 0 Å². The van der Waals surface area contributed by atoms with Gasteiger partial charge in [-0.3, -0.25) is 0 Å². The van der Waals surface area contributed by atoms with E-state index in [-0.39, 0.29) is 12.1 Å². The van der Waals surface area contributed by atoms with Gasteiger partial charge >= 0.3 is 96.7 Å². The number of aliphatic imine (C=N–C) groups is 1. The molecule has 0 spiro atoms. The number of hydrogen-bond donors (Lipinski definition) is 0. The average Bonchev–Trinajstić information content (AvgIpc) is 2.61. The molecule has 0 saturated carbocycles. The van der Waals surface area contributed by atoms with Crippen molar-refractivity contribution in [2.24, 2.45) is 4.99 Å². The van der Waals surface area contributed by atoms with Crippen molar-refractivity contribution in [3.05, 3.63) is 35.9 Å². The van der Waals surface area contributed by atoms with Gasteiger partial charge in [0, 0.05) is 0 Å². The number of nitrogens with zero attached hydrogens (tertiary/aromatic N) is 1. The van der Waals surface area contributed by atoms with Crippen molar-refractivity contribution >= 4 is 20.9 Å². The molecule has 0 radical (unpaired) electrons. The topological polar surface area (TPSA) is 21.6 Å². The Bertz CT molecular complexity index is 350. The van der Waals surface area contributed by atoms with Crippen LogP contribution in [0.3, 0.4) is 0 Å². The zero-order valence-electron chi connectivity index (χ0n) is 9.01.